The second kappa shape index (κ2) is 2.94. The minimum absolute atomic E-state index is 0.236. The zero-order valence-electron chi connectivity index (χ0n) is 6.85. The van der Waals surface area contributed by atoms with Crippen molar-refractivity contribution in [3.8, 4) is 0 Å². The number of carbonyl (C=O) groups is 1. The highest BCUT2D eigenvalue weighted by Crippen LogP contribution is 2.11. The topological polar surface area (TPSA) is 73.1 Å². The summed E-state index contributed by atoms with van der Waals surface area (Å²) in [7, 11) is 0. The van der Waals surface area contributed by atoms with E-state index in [-0.39, 0.29) is 11.8 Å². The van der Waals surface area contributed by atoms with Gasteiger partial charge in [-0.2, -0.15) is 4.99 Å². The van der Waals surface area contributed by atoms with Gasteiger partial charge in [-0.05, 0) is 6.92 Å². The van der Waals surface area contributed by atoms with E-state index in [4.69, 9.17) is 10.2 Å². The van der Waals surface area contributed by atoms with Gasteiger partial charge in [-0.15, -0.1) is 0 Å². The van der Waals surface area contributed by atoms with Crippen molar-refractivity contribution in [1.82, 2.24) is 4.90 Å². The van der Waals surface area contributed by atoms with E-state index in [9.17, 15) is 4.79 Å². The monoisotopic (exact) mass is 170 g/mol. The van der Waals surface area contributed by atoms with E-state index in [0.29, 0.717) is 5.57 Å². The van der Waals surface area contributed by atoms with Gasteiger partial charge < -0.3 is 10.2 Å². The molecule has 2 N–H and O–H groups in total. The van der Waals surface area contributed by atoms with Crippen LogP contribution in [0.3, 0.4) is 0 Å². The minimum Gasteiger partial charge on any atom is -0.493 e. The van der Waals surface area contributed by atoms with Gasteiger partial charge in [0.2, 0.25) is 18.2 Å². The molecule has 66 valence electrons. The Morgan fingerprint density at radius 2 is 2.33 bits per heavy atom. The molecule has 1 heterocycles. The molecule has 5 nitrogen and oxygen atoms in total. The number of nitrogens with zero attached hydrogens (tertiary/aromatic N) is 2. The van der Waals surface area contributed by atoms with Crippen LogP contribution in [-0.4, -0.2) is 33.3 Å². The van der Waals surface area contributed by atoms with Crippen LogP contribution in [0.2, 0.25) is 0 Å². The summed E-state index contributed by atoms with van der Waals surface area (Å²) in [5.74, 6) is -0.557. The first-order valence-corrected chi connectivity index (χ1v) is 3.45. The molecule has 0 saturated carbocycles. The lowest BCUT2D eigenvalue weighted by molar-refractivity contribution is -0.133. The van der Waals surface area contributed by atoms with Gasteiger partial charge in [0.25, 0.3) is 0 Å². The highest BCUT2D eigenvalue weighted by Gasteiger charge is 2.21. The normalized spacial score (nSPS) is 23.2. The fourth-order valence-corrected chi connectivity index (χ4v) is 0.860. The molecule has 1 atom stereocenters. The van der Waals surface area contributed by atoms with Crippen LogP contribution in [0.1, 0.15) is 13.8 Å². The molecule has 0 fully saturated rings. The molecule has 1 aliphatic heterocycles. The standard InChI is InChI=1S/C7H10N2O3/c1-4-3-9(5(2)10)7(12)8-6(4)11/h3,7,12H,1-2H3,(H,8,11). The van der Waals surface area contributed by atoms with Crippen molar-refractivity contribution in [3.63, 3.8) is 0 Å². The van der Waals surface area contributed by atoms with Crippen molar-refractivity contribution in [2.24, 2.45) is 4.99 Å². The number of carbonyl (C=O) groups excluding carboxylic acids is 1. The van der Waals surface area contributed by atoms with E-state index < -0.39 is 6.35 Å². The van der Waals surface area contributed by atoms with Crippen molar-refractivity contribution < 1.29 is 15.0 Å². The Morgan fingerprint density at radius 3 is 2.83 bits per heavy atom. The Labute approximate surface area is 69.6 Å². The van der Waals surface area contributed by atoms with Gasteiger partial charge in [0, 0.05) is 18.7 Å². The third kappa shape index (κ3) is 1.45. The lowest BCUT2D eigenvalue weighted by Crippen LogP contribution is -2.37. The van der Waals surface area contributed by atoms with Crippen LogP contribution in [-0.2, 0) is 4.79 Å². The second-order valence-corrected chi connectivity index (χ2v) is 2.54. The zero-order chi connectivity index (χ0) is 9.30. The van der Waals surface area contributed by atoms with Crippen molar-refractivity contribution in [3.05, 3.63) is 11.8 Å². The fourth-order valence-electron chi connectivity index (χ4n) is 0.860. The Balaban J connectivity index is 2.91. The van der Waals surface area contributed by atoms with E-state index in [1.807, 2.05) is 0 Å². The highest BCUT2D eigenvalue weighted by atomic mass is 16.3. The Kier molecular flexibility index (Phi) is 2.14. The van der Waals surface area contributed by atoms with Crippen molar-refractivity contribution >= 4 is 11.8 Å². The van der Waals surface area contributed by atoms with E-state index in [2.05, 4.69) is 4.99 Å². The summed E-state index contributed by atoms with van der Waals surface area (Å²) in [5, 5.41) is 18.2. The van der Waals surface area contributed by atoms with Crippen LogP contribution in [0.4, 0.5) is 0 Å². The SMILES string of the molecule is CC(=O)N1C=C(C)C(O)=NC1O. The molecule has 0 aromatic carbocycles. The average molecular weight is 170 g/mol. The summed E-state index contributed by atoms with van der Waals surface area (Å²) in [6.07, 6.45) is 0.0567. The van der Waals surface area contributed by atoms with Crippen molar-refractivity contribution in [2.75, 3.05) is 0 Å². The molecule has 5 heteroatoms. The molecular formula is C7H10N2O3. The van der Waals surface area contributed by atoms with Gasteiger partial charge in [0.15, 0.2) is 0 Å². The van der Waals surface area contributed by atoms with Crippen LogP contribution in [0.5, 0.6) is 0 Å². The zero-order valence-corrected chi connectivity index (χ0v) is 6.85. The molecule has 1 unspecified atom stereocenters. The van der Waals surface area contributed by atoms with Crippen LogP contribution < -0.4 is 0 Å². The maximum absolute atomic E-state index is 10.8. The van der Waals surface area contributed by atoms with Gasteiger partial charge >= 0.3 is 0 Å². The predicted octanol–water partition coefficient (Wildman–Crippen LogP) is -0.0153. The van der Waals surface area contributed by atoms with Gasteiger partial charge in [-0.3, -0.25) is 9.69 Å². The molecule has 0 spiro atoms. The highest BCUT2D eigenvalue weighted by molar-refractivity contribution is 5.93. The summed E-state index contributed by atoms with van der Waals surface area (Å²) < 4.78 is 0. The number of rotatable bonds is 0. The molecule has 1 amide bonds. The van der Waals surface area contributed by atoms with Crippen LogP contribution in [0, 0.1) is 0 Å². The third-order valence-electron chi connectivity index (χ3n) is 1.54. The van der Waals surface area contributed by atoms with Gasteiger partial charge in [-0.25, -0.2) is 0 Å². The summed E-state index contributed by atoms with van der Waals surface area (Å²) in [5.41, 5.74) is 0.454. The fraction of sp³-hybridized carbons (Fsp3) is 0.429. The van der Waals surface area contributed by atoms with E-state index in [1.165, 1.54) is 13.1 Å². The van der Waals surface area contributed by atoms with E-state index in [0.717, 1.165) is 4.90 Å². The van der Waals surface area contributed by atoms with Gasteiger partial charge in [0.1, 0.15) is 0 Å². The van der Waals surface area contributed by atoms with Gasteiger partial charge in [0.05, 0.1) is 0 Å². The van der Waals surface area contributed by atoms with Crippen molar-refractivity contribution in [2.45, 2.75) is 20.2 Å². The first-order chi connectivity index (χ1) is 5.52. The average Bonchev–Trinajstić information content (AvgIpc) is 1.96. The molecule has 1 aliphatic rings. The minimum atomic E-state index is -1.30. The van der Waals surface area contributed by atoms with Gasteiger partial charge in [-0.1, -0.05) is 0 Å². The van der Waals surface area contributed by atoms with E-state index >= 15 is 0 Å². The lowest BCUT2D eigenvalue weighted by atomic mass is 10.3. The lowest BCUT2D eigenvalue weighted by Gasteiger charge is -2.24. The number of hydrogen-bond acceptors (Lipinski definition) is 3. The Bertz CT molecular complexity index is 270. The van der Waals surface area contributed by atoms with Crippen molar-refractivity contribution in [1.29, 1.82) is 0 Å². The second-order valence-electron chi connectivity index (χ2n) is 2.54. The molecule has 0 aromatic rings. The van der Waals surface area contributed by atoms with Crippen LogP contribution in [0.15, 0.2) is 16.8 Å². The molecule has 0 aliphatic carbocycles. The first-order valence-electron chi connectivity index (χ1n) is 3.45. The molecule has 0 saturated heterocycles. The summed E-state index contributed by atoms with van der Waals surface area (Å²) in [6.45, 7) is 2.91. The Hall–Kier alpha value is -1.36. The summed E-state index contributed by atoms with van der Waals surface area (Å²) in [4.78, 5) is 15.3. The van der Waals surface area contributed by atoms with Crippen LogP contribution >= 0.6 is 0 Å². The molecule has 0 aromatic heterocycles. The summed E-state index contributed by atoms with van der Waals surface area (Å²) >= 11 is 0. The molecule has 1 rings (SSSR count). The number of aliphatic hydroxyl groups excluding tert-OH is 2. The smallest absolute Gasteiger partial charge is 0.235 e. The Morgan fingerprint density at radius 1 is 1.75 bits per heavy atom. The number of aliphatic imine (C=N–C) groups is 1. The number of aliphatic hydroxyl groups is 2. The summed E-state index contributed by atoms with van der Waals surface area (Å²) in [6, 6.07) is 0. The molecular weight excluding hydrogens is 160 g/mol. The largest absolute Gasteiger partial charge is 0.493 e. The predicted molar refractivity (Wildman–Crippen MR) is 42.3 cm³/mol. The number of amides is 1. The quantitative estimate of drug-likeness (QED) is 0.536. The first kappa shape index (κ1) is 8.73. The van der Waals surface area contributed by atoms with E-state index in [1.54, 1.807) is 6.92 Å². The molecule has 0 bridgehead atoms. The molecule has 12 heavy (non-hydrogen) atoms. The third-order valence-corrected chi connectivity index (χ3v) is 1.54. The maximum Gasteiger partial charge on any atom is 0.235 e. The number of hydrogen-bond donors (Lipinski definition) is 2. The molecule has 0 radical (unpaired) electrons. The van der Waals surface area contributed by atoms with Crippen LogP contribution in [0.25, 0.3) is 0 Å². The maximum atomic E-state index is 10.8.